The van der Waals surface area contributed by atoms with Crippen molar-refractivity contribution in [2.45, 2.75) is 25.2 Å². The molecule has 1 aliphatic heterocycles. The average molecular weight is 500 g/mol. The number of hydrogen-bond acceptors (Lipinski definition) is 8. The van der Waals surface area contributed by atoms with Crippen molar-refractivity contribution in [3.63, 3.8) is 0 Å². The fraction of sp³-hybridized carbons (Fsp3) is 0.261. The van der Waals surface area contributed by atoms with Gasteiger partial charge in [0.2, 0.25) is 0 Å². The second-order valence-electron chi connectivity index (χ2n) is 7.91. The topological polar surface area (TPSA) is 114 Å². The summed E-state index contributed by atoms with van der Waals surface area (Å²) in [6.45, 7) is 0.691. The Labute approximate surface area is 201 Å². The Morgan fingerprint density at radius 1 is 1.06 bits per heavy atom. The van der Waals surface area contributed by atoms with Gasteiger partial charge in [0, 0.05) is 18.0 Å². The van der Waals surface area contributed by atoms with E-state index in [9.17, 15) is 4.57 Å². The molecule has 0 spiro atoms. The van der Waals surface area contributed by atoms with Gasteiger partial charge in [0.1, 0.15) is 18.2 Å². The Kier molecular flexibility index (Phi) is 6.63. The van der Waals surface area contributed by atoms with Gasteiger partial charge in [-0.25, -0.2) is 15.0 Å². The van der Waals surface area contributed by atoms with Crippen molar-refractivity contribution in [3.8, 4) is 0 Å². The van der Waals surface area contributed by atoms with Crippen molar-refractivity contribution < 1.29 is 18.3 Å². The van der Waals surface area contributed by atoms with E-state index in [1.54, 1.807) is 17.0 Å². The Morgan fingerprint density at radius 3 is 2.62 bits per heavy atom. The molecule has 3 unspecified atom stereocenters. The van der Waals surface area contributed by atoms with Gasteiger partial charge in [-0.15, -0.1) is 0 Å². The summed E-state index contributed by atoms with van der Waals surface area (Å²) in [6.07, 6.45) is 2.50. The first kappa shape index (κ1) is 23.0. The molecule has 9 nitrogen and oxygen atoms in total. The highest BCUT2D eigenvalue weighted by atomic mass is 35.5. The Bertz CT molecular complexity index is 1340. The highest BCUT2D eigenvalue weighted by Crippen LogP contribution is 2.61. The van der Waals surface area contributed by atoms with E-state index in [2.05, 4.69) is 15.0 Å². The summed E-state index contributed by atoms with van der Waals surface area (Å²) < 4.78 is 33.2. The van der Waals surface area contributed by atoms with E-state index in [1.165, 1.54) is 6.33 Å². The van der Waals surface area contributed by atoms with E-state index in [4.69, 9.17) is 31.1 Å². The third kappa shape index (κ3) is 4.99. The summed E-state index contributed by atoms with van der Waals surface area (Å²) in [7, 11) is -3.57. The van der Waals surface area contributed by atoms with Crippen LogP contribution in [0.5, 0.6) is 0 Å². The molecule has 3 atom stereocenters. The van der Waals surface area contributed by atoms with Crippen molar-refractivity contribution >= 4 is 36.2 Å². The third-order valence-corrected chi connectivity index (χ3v) is 7.44. The largest absolute Gasteiger partial charge is 0.382 e. The molecule has 0 bridgehead atoms. The lowest BCUT2D eigenvalue weighted by molar-refractivity contribution is 0.0137. The van der Waals surface area contributed by atoms with Crippen LogP contribution in [0, 0.1) is 0 Å². The number of hydrogen-bond donors (Lipinski definition) is 1. The minimum atomic E-state index is -3.57. The van der Waals surface area contributed by atoms with Gasteiger partial charge in [0.05, 0.1) is 25.1 Å². The van der Waals surface area contributed by atoms with Gasteiger partial charge in [-0.05, 0) is 23.3 Å². The molecule has 1 saturated heterocycles. The van der Waals surface area contributed by atoms with Crippen LogP contribution < -0.4 is 5.73 Å². The van der Waals surface area contributed by atoms with E-state index in [0.29, 0.717) is 35.0 Å². The highest BCUT2D eigenvalue weighted by Gasteiger charge is 2.40. The van der Waals surface area contributed by atoms with Crippen LogP contribution in [0.4, 0.5) is 5.82 Å². The third-order valence-electron chi connectivity index (χ3n) is 5.55. The predicted molar refractivity (Wildman–Crippen MR) is 128 cm³/mol. The summed E-state index contributed by atoms with van der Waals surface area (Å²) in [5.41, 5.74) is 8.75. The molecular formula is C23H23ClN5O4P. The minimum absolute atomic E-state index is 0.183. The Hall–Kier alpha value is -2.81. The molecule has 176 valence electrons. The summed E-state index contributed by atoms with van der Waals surface area (Å²) in [4.78, 5) is 12.4. The molecule has 34 heavy (non-hydrogen) atoms. The maximum Gasteiger partial charge on any atom is 0.357 e. The maximum absolute atomic E-state index is 13.6. The number of aromatic nitrogens is 4. The SMILES string of the molecule is Nc1ncnc2c1ncn2CCOCP1(=O)OC(c2ccccc2)CC(c2cccc(Cl)c2)O1. The van der Waals surface area contributed by atoms with E-state index < -0.39 is 19.8 Å². The molecule has 1 fully saturated rings. The molecule has 4 aromatic rings. The van der Waals surface area contributed by atoms with Gasteiger partial charge in [-0.3, -0.25) is 13.6 Å². The standard InChI is InChI=1S/C23H23ClN5O4P/c24-18-8-4-7-17(11-18)20-12-19(16-5-2-1-3-6-16)32-34(30,33-20)15-31-10-9-29-14-28-21-22(25)26-13-27-23(21)29/h1-8,11,13-14,19-20H,9-10,12,15H2,(H2,25,26,27). The second kappa shape index (κ2) is 9.82. The fourth-order valence-electron chi connectivity index (χ4n) is 3.92. The molecule has 1 aliphatic rings. The average Bonchev–Trinajstić information content (AvgIpc) is 3.26. The molecule has 2 aromatic carbocycles. The molecule has 0 radical (unpaired) electrons. The quantitative estimate of drug-likeness (QED) is 0.274. The number of rotatable bonds is 7. The van der Waals surface area contributed by atoms with Crippen molar-refractivity contribution in [1.29, 1.82) is 0 Å². The number of halogens is 1. The molecule has 2 aromatic heterocycles. The number of nitrogens with zero attached hydrogens (tertiary/aromatic N) is 4. The zero-order valence-corrected chi connectivity index (χ0v) is 19.8. The monoisotopic (exact) mass is 499 g/mol. The number of anilines is 1. The van der Waals surface area contributed by atoms with Crippen LogP contribution in [0.15, 0.2) is 67.3 Å². The van der Waals surface area contributed by atoms with Crippen molar-refractivity contribution in [2.75, 3.05) is 18.7 Å². The van der Waals surface area contributed by atoms with E-state index >= 15 is 0 Å². The van der Waals surface area contributed by atoms with Crippen LogP contribution in [0.2, 0.25) is 5.02 Å². The molecule has 3 heterocycles. The van der Waals surface area contributed by atoms with Gasteiger partial charge in [-0.2, -0.15) is 0 Å². The van der Waals surface area contributed by atoms with Crippen LogP contribution in [-0.2, 0) is 24.9 Å². The van der Waals surface area contributed by atoms with Crippen LogP contribution in [-0.4, -0.2) is 32.5 Å². The number of imidazole rings is 1. The van der Waals surface area contributed by atoms with Crippen molar-refractivity contribution in [2.24, 2.45) is 0 Å². The van der Waals surface area contributed by atoms with Gasteiger partial charge in [0.15, 0.2) is 11.5 Å². The summed E-state index contributed by atoms with van der Waals surface area (Å²) in [5, 5.41) is 0.590. The second-order valence-corrected chi connectivity index (χ2v) is 10.2. The molecule has 11 heteroatoms. The van der Waals surface area contributed by atoms with E-state index in [-0.39, 0.29) is 13.0 Å². The molecule has 2 N–H and O–H groups in total. The number of benzene rings is 2. The van der Waals surface area contributed by atoms with Gasteiger partial charge < -0.3 is 15.0 Å². The first-order valence-corrected chi connectivity index (χ1v) is 12.9. The summed E-state index contributed by atoms with van der Waals surface area (Å²) in [5.74, 6) is 0.317. The molecule has 0 saturated carbocycles. The maximum atomic E-state index is 13.6. The van der Waals surface area contributed by atoms with Crippen LogP contribution in [0.1, 0.15) is 29.8 Å². The summed E-state index contributed by atoms with van der Waals surface area (Å²) >= 11 is 6.19. The van der Waals surface area contributed by atoms with Crippen LogP contribution in [0.3, 0.4) is 0 Å². The number of ether oxygens (including phenoxy) is 1. The molecule has 0 amide bonds. The van der Waals surface area contributed by atoms with Gasteiger partial charge in [0.25, 0.3) is 0 Å². The van der Waals surface area contributed by atoms with Crippen LogP contribution in [0.25, 0.3) is 11.2 Å². The Balaban J connectivity index is 1.29. The van der Waals surface area contributed by atoms with Gasteiger partial charge >= 0.3 is 7.60 Å². The first-order chi connectivity index (χ1) is 16.5. The molecule has 5 rings (SSSR count). The number of fused-ring (bicyclic) bond motifs is 1. The zero-order valence-electron chi connectivity index (χ0n) is 18.2. The molecule has 0 aliphatic carbocycles. The summed E-state index contributed by atoms with van der Waals surface area (Å²) in [6, 6.07) is 17.1. The highest BCUT2D eigenvalue weighted by molar-refractivity contribution is 7.53. The smallest absolute Gasteiger partial charge is 0.357 e. The first-order valence-electron chi connectivity index (χ1n) is 10.8. The number of nitrogen functional groups attached to an aromatic ring is 1. The number of nitrogens with two attached hydrogens (primary N) is 1. The minimum Gasteiger partial charge on any atom is -0.382 e. The van der Waals surface area contributed by atoms with Crippen LogP contribution >= 0.6 is 19.2 Å². The van der Waals surface area contributed by atoms with Gasteiger partial charge in [-0.1, -0.05) is 54.1 Å². The van der Waals surface area contributed by atoms with E-state index in [0.717, 1.165) is 11.1 Å². The lowest BCUT2D eigenvalue weighted by Crippen LogP contribution is -2.20. The normalized spacial score (nSPS) is 22.7. The van der Waals surface area contributed by atoms with Crippen molar-refractivity contribution in [1.82, 2.24) is 19.5 Å². The molecular weight excluding hydrogens is 477 g/mol. The zero-order chi connectivity index (χ0) is 23.5. The van der Waals surface area contributed by atoms with Crippen molar-refractivity contribution in [3.05, 3.63) is 83.4 Å². The predicted octanol–water partition coefficient (Wildman–Crippen LogP) is 5.15. The van der Waals surface area contributed by atoms with E-state index in [1.807, 2.05) is 48.5 Å². The lowest BCUT2D eigenvalue weighted by Gasteiger charge is -2.35. The Morgan fingerprint density at radius 2 is 1.82 bits per heavy atom. The fourth-order valence-corrected chi connectivity index (χ4v) is 5.84. The lowest BCUT2D eigenvalue weighted by atomic mass is 9.99.